The van der Waals surface area contributed by atoms with Crippen molar-refractivity contribution in [2.24, 2.45) is 10.9 Å². The molecule has 0 aromatic rings. The molecule has 3 unspecified atom stereocenters. The summed E-state index contributed by atoms with van der Waals surface area (Å²) in [5, 5.41) is 6.89. The second-order valence-corrected chi connectivity index (χ2v) is 6.30. The summed E-state index contributed by atoms with van der Waals surface area (Å²) in [4.78, 5) is 6.83. The summed E-state index contributed by atoms with van der Waals surface area (Å²) in [6.07, 6.45) is 0.116. The standard InChI is InChI=1S/C15H30N4O2.HI/c1-11(2)19-8-12(3)14(9-19)18-15(16-4)17-7-13-10-20-5-6-21-13;/h11-14H,5-10H2,1-4H3,(H2,16,17,18);1H. The van der Waals surface area contributed by atoms with E-state index in [4.69, 9.17) is 9.47 Å². The lowest BCUT2D eigenvalue weighted by molar-refractivity contribution is -0.0850. The summed E-state index contributed by atoms with van der Waals surface area (Å²) in [5.74, 6) is 1.48. The molecular formula is C15H31IN4O2. The second kappa shape index (κ2) is 9.89. The third-order valence-electron chi connectivity index (χ3n) is 4.30. The molecule has 2 aliphatic heterocycles. The fourth-order valence-electron chi connectivity index (χ4n) is 2.85. The van der Waals surface area contributed by atoms with Gasteiger partial charge in [-0.25, -0.2) is 0 Å². The Morgan fingerprint density at radius 1 is 1.32 bits per heavy atom. The summed E-state index contributed by atoms with van der Waals surface area (Å²) in [6.45, 7) is 11.8. The maximum Gasteiger partial charge on any atom is 0.191 e. The molecule has 2 saturated heterocycles. The zero-order valence-corrected chi connectivity index (χ0v) is 16.5. The smallest absolute Gasteiger partial charge is 0.191 e. The summed E-state index contributed by atoms with van der Waals surface area (Å²) in [6, 6.07) is 1.05. The van der Waals surface area contributed by atoms with Crippen LogP contribution >= 0.6 is 24.0 Å². The minimum absolute atomic E-state index is 0. The lowest BCUT2D eigenvalue weighted by atomic mass is 10.1. The van der Waals surface area contributed by atoms with Crippen LogP contribution in [0.25, 0.3) is 0 Å². The Balaban J connectivity index is 0.00000242. The number of guanidine groups is 1. The number of likely N-dealkylation sites (tertiary alicyclic amines) is 1. The molecule has 2 N–H and O–H groups in total. The van der Waals surface area contributed by atoms with Gasteiger partial charge in [0.2, 0.25) is 0 Å². The van der Waals surface area contributed by atoms with Gasteiger partial charge in [-0.1, -0.05) is 6.92 Å². The SMILES string of the molecule is CN=C(NCC1COCCO1)NC1CN(C(C)C)CC1C.I. The Morgan fingerprint density at radius 2 is 2.09 bits per heavy atom. The quantitative estimate of drug-likeness (QED) is 0.398. The summed E-state index contributed by atoms with van der Waals surface area (Å²) >= 11 is 0. The molecule has 2 rings (SSSR count). The number of ether oxygens (including phenoxy) is 2. The Hall–Kier alpha value is -0.120. The van der Waals surface area contributed by atoms with Gasteiger partial charge in [0.05, 0.1) is 25.9 Å². The highest BCUT2D eigenvalue weighted by molar-refractivity contribution is 14.0. The molecule has 130 valence electrons. The molecular weight excluding hydrogens is 395 g/mol. The van der Waals surface area contributed by atoms with Crippen LogP contribution in [0.3, 0.4) is 0 Å². The molecule has 0 radical (unpaired) electrons. The predicted molar refractivity (Wildman–Crippen MR) is 100 cm³/mol. The van der Waals surface area contributed by atoms with E-state index < -0.39 is 0 Å². The number of rotatable bonds is 4. The van der Waals surface area contributed by atoms with E-state index >= 15 is 0 Å². The van der Waals surface area contributed by atoms with Crippen LogP contribution in [0.4, 0.5) is 0 Å². The van der Waals surface area contributed by atoms with Gasteiger partial charge in [-0.3, -0.25) is 9.89 Å². The number of hydrogen-bond acceptors (Lipinski definition) is 4. The van der Waals surface area contributed by atoms with Crippen molar-refractivity contribution >= 4 is 29.9 Å². The van der Waals surface area contributed by atoms with Crippen molar-refractivity contribution in [2.45, 2.75) is 39.0 Å². The Morgan fingerprint density at radius 3 is 2.64 bits per heavy atom. The topological polar surface area (TPSA) is 58.1 Å². The molecule has 2 heterocycles. The maximum absolute atomic E-state index is 5.63. The monoisotopic (exact) mass is 426 g/mol. The minimum Gasteiger partial charge on any atom is -0.376 e. The van der Waals surface area contributed by atoms with Gasteiger partial charge >= 0.3 is 0 Å². The normalized spacial score (nSPS) is 30.2. The van der Waals surface area contributed by atoms with Gasteiger partial charge in [0.25, 0.3) is 0 Å². The van der Waals surface area contributed by atoms with Crippen molar-refractivity contribution in [2.75, 3.05) is 46.5 Å². The van der Waals surface area contributed by atoms with Gasteiger partial charge in [-0.15, -0.1) is 24.0 Å². The lowest BCUT2D eigenvalue weighted by Gasteiger charge is -2.25. The van der Waals surface area contributed by atoms with Crippen LogP contribution in [0.2, 0.25) is 0 Å². The van der Waals surface area contributed by atoms with Crippen LogP contribution in [0.5, 0.6) is 0 Å². The average molecular weight is 426 g/mol. The molecule has 7 heteroatoms. The molecule has 0 spiro atoms. The van der Waals surface area contributed by atoms with Crippen molar-refractivity contribution in [3.8, 4) is 0 Å². The predicted octanol–water partition coefficient (Wildman–Crippen LogP) is 0.914. The van der Waals surface area contributed by atoms with Crippen LogP contribution in [0.1, 0.15) is 20.8 Å². The van der Waals surface area contributed by atoms with Gasteiger partial charge in [0.1, 0.15) is 0 Å². The van der Waals surface area contributed by atoms with Crippen LogP contribution < -0.4 is 10.6 Å². The molecule has 0 amide bonds. The zero-order chi connectivity index (χ0) is 15.2. The molecule has 0 aliphatic carbocycles. The van der Waals surface area contributed by atoms with E-state index in [1.807, 2.05) is 7.05 Å². The van der Waals surface area contributed by atoms with Crippen LogP contribution in [0.15, 0.2) is 4.99 Å². The van der Waals surface area contributed by atoms with Gasteiger partial charge in [0, 0.05) is 38.8 Å². The number of aliphatic imine (C=N–C) groups is 1. The molecule has 6 nitrogen and oxygen atoms in total. The lowest BCUT2D eigenvalue weighted by Crippen LogP contribution is -2.49. The first-order chi connectivity index (χ1) is 10.1. The molecule has 22 heavy (non-hydrogen) atoms. The van der Waals surface area contributed by atoms with E-state index in [0.717, 1.165) is 25.6 Å². The number of nitrogens with one attached hydrogen (secondary N) is 2. The van der Waals surface area contributed by atoms with Crippen molar-refractivity contribution in [3.05, 3.63) is 0 Å². The summed E-state index contributed by atoms with van der Waals surface area (Å²) < 4.78 is 11.0. The first-order valence-corrected chi connectivity index (χ1v) is 8.00. The molecule has 3 atom stereocenters. The molecule has 0 bridgehead atoms. The average Bonchev–Trinajstić information content (AvgIpc) is 2.86. The molecule has 0 aromatic carbocycles. The highest BCUT2D eigenvalue weighted by Crippen LogP contribution is 2.18. The first-order valence-electron chi connectivity index (χ1n) is 8.00. The van der Waals surface area contributed by atoms with E-state index in [0.29, 0.717) is 37.8 Å². The molecule has 2 aliphatic rings. The van der Waals surface area contributed by atoms with E-state index in [1.54, 1.807) is 0 Å². The third-order valence-corrected chi connectivity index (χ3v) is 4.30. The van der Waals surface area contributed by atoms with Crippen molar-refractivity contribution in [1.82, 2.24) is 15.5 Å². The fraction of sp³-hybridized carbons (Fsp3) is 0.933. The fourth-order valence-corrected chi connectivity index (χ4v) is 2.85. The van der Waals surface area contributed by atoms with Crippen molar-refractivity contribution in [3.63, 3.8) is 0 Å². The highest BCUT2D eigenvalue weighted by atomic mass is 127. The van der Waals surface area contributed by atoms with E-state index in [1.165, 1.54) is 0 Å². The van der Waals surface area contributed by atoms with E-state index in [9.17, 15) is 0 Å². The number of halogens is 1. The second-order valence-electron chi connectivity index (χ2n) is 6.30. The largest absolute Gasteiger partial charge is 0.376 e. The molecule has 2 fully saturated rings. The molecule has 0 saturated carbocycles. The van der Waals surface area contributed by atoms with Crippen LogP contribution in [-0.4, -0.2) is 75.5 Å². The zero-order valence-electron chi connectivity index (χ0n) is 14.2. The van der Waals surface area contributed by atoms with E-state index in [2.05, 4.69) is 41.3 Å². The van der Waals surface area contributed by atoms with Crippen LogP contribution in [0, 0.1) is 5.92 Å². The van der Waals surface area contributed by atoms with Gasteiger partial charge < -0.3 is 20.1 Å². The Kier molecular flexibility index (Phi) is 8.96. The first kappa shape index (κ1) is 19.9. The highest BCUT2D eigenvalue weighted by Gasteiger charge is 2.31. The Bertz CT molecular complexity index is 348. The number of nitrogens with zero attached hydrogens (tertiary/aromatic N) is 2. The summed E-state index contributed by atoms with van der Waals surface area (Å²) in [7, 11) is 1.81. The van der Waals surface area contributed by atoms with Crippen molar-refractivity contribution < 1.29 is 9.47 Å². The van der Waals surface area contributed by atoms with Crippen LogP contribution in [-0.2, 0) is 9.47 Å². The summed E-state index contributed by atoms with van der Waals surface area (Å²) in [5.41, 5.74) is 0. The Labute approximate surface area is 151 Å². The van der Waals surface area contributed by atoms with Gasteiger partial charge in [0.15, 0.2) is 5.96 Å². The number of hydrogen-bond donors (Lipinski definition) is 2. The maximum atomic E-state index is 5.63. The molecule has 0 aromatic heterocycles. The van der Waals surface area contributed by atoms with Gasteiger partial charge in [-0.2, -0.15) is 0 Å². The third kappa shape index (κ3) is 5.82. The van der Waals surface area contributed by atoms with E-state index in [-0.39, 0.29) is 30.1 Å². The minimum atomic E-state index is 0. The van der Waals surface area contributed by atoms with Crippen molar-refractivity contribution in [1.29, 1.82) is 0 Å². The van der Waals surface area contributed by atoms with Gasteiger partial charge in [-0.05, 0) is 19.8 Å².